The van der Waals surface area contributed by atoms with Crippen LogP contribution in [0.5, 0.6) is 0 Å². The van der Waals surface area contributed by atoms with E-state index in [1.165, 1.54) is 30.6 Å². The Labute approximate surface area is 96.7 Å². The van der Waals surface area contributed by atoms with Gasteiger partial charge >= 0.3 is 0 Å². The van der Waals surface area contributed by atoms with Crippen molar-refractivity contribution in [3.05, 3.63) is 21.4 Å². The van der Waals surface area contributed by atoms with Crippen molar-refractivity contribution in [1.29, 1.82) is 0 Å². The first-order valence-electron chi connectivity index (χ1n) is 5.91. The van der Waals surface area contributed by atoms with Crippen LogP contribution in [0.1, 0.15) is 42.0 Å². The summed E-state index contributed by atoms with van der Waals surface area (Å²) in [4.78, 5) is 3.18. The molecule has 2 rings (SSSR count). The summed E-state index contributed by atoms with van der Waals surface area (Å²) in [7, 11) is 0. The molecule has 1 aromatic heterocycles. The lowest BCUT2D eigenvalue weighted by molar-refractivity contribution is 0.379. The first kappa shape index (κ1) is 11.2. The Bertz CT molecular complexity index is 315. The molecule has 0 saturated carbocycles. The van der Waals surface area contributed by atoms with Gasteiger partial charge in [0.05, 0.1) is 0 Å². The van der Waals surface area contributed by atoms with E-state index in [9.17, 15) is 0 Å². The predicted molar refractivity (Wildman–Crippen MR) is 67.5 cm³/mol. The molecule has 1 aliphatic rings. The second-order valence-corrected chi connectivity index (χ2v) is 6.63. The molecular weight excluding hydrogens is 202 g/mol. The van der Waals surface area contributed by atoms with Gasteiger partial charge in [0.2, 0.25) is 0 Å². The third-order valence-corrected chi connectivity index (χ3v) is 4.49. The highest BCUT2D eigenvalue weighted by molar-refractivity contribution is 7.12. The van der Waals surface area contributed by atoms with E-state index in [1.807, 2.05) is 11.3 Å². The Morgan fingerprint density at radius 2 is 2.07 bits per heavy atom. The standard InChI is InChI=1S/C13H21NS/c1-13(2,9-14)8-11-7-10-5-3-4-6-12(10)15-11/h7H,3-6,8-9,14H2,1-2H3. The fraction of sp³-hybridized carbons (Fsp3) is 0.692. The van der Waals surface area contributed by atoms with Crippen LogP contribution in [0.25, 0.3) is 0 Å². The Kier molecular flexibility index (Phi) is 3.17. The maximum atomic E-state index is 5.78. The summed E-state index contributed by atoms with van der Waals surface area (Å²) in [5.41, 5.74) is 7.66. The summed E-state index contributed by atoms with van der Waals surface area (Å²) in [5.74, 6) is 0. The van der Waals surface area contributed by atoms with Gasteiger partial charge in [0, 0.05) is 9.75 Å². The molecule has 0 atom stereocenters. The zero-order chi connectivity index (χ0) is 10.9. The molecule has 15 heavy (non-hydrogen) atoms. The van der Waals surface area contributed by atoms with Crippen LogP contribution in [0.4, 0.5) is 0 Å². The van der Waals surface area contributed by atoms with Gasteiger partial charge in [0.25, 0.3) is 0 Å². The van der Waals surface area contributed by atoms with E-state index in [-0.39, 0.29) is 5.41 Å². The quantitative estimate of drug-likeness (QED) is 0.837. The largest absolute Gasteiger partial charge is 0.330 e. The number of aryl methyl sites for hydroxylation is 2. The SMILES string of the molecule is CC(C)(CN)Cc1cc2c(s1)CCCC2. The van der Waals surface area contributed by atoms with E-state index in [1.54, 1.807) is 10.4 Å². The number of fused-ring (bicyclic) bond motifs is 1. The van der Waals surface area contributed by atoms with E-state index in [4.69, 9.17) is 5.73 Å². The minimum absolute atomic E-state index is 0.257. The van der Waals surface area contributed by atoms with Crippen LogP contribution >= 0.6 is 11.3 Å². The maximum Gasteiger partial charge on any atom is 0.00801 e. The summed E-state index contributed by atoms with van der Waals surface area (Å²) < 4.78 is 0. The lowest BCUT2D eigenvalue weighted by Crippen LogP contribution is -2.25. The number of hydrogen-bond acceptors (Lipinski definition) is 2. The Morgan fingerprint density at radius 3 is 2.73 bits per heavy atom. The molecule has 0 aromatic carbocycles. The molecule has 0 radical (unpaired) electrons. The van der Waals surface area contributed by atoms with Crippen LogP contribution in [-0.4, -0.2) is 6.54 Å². The van der Waals surface area contributed by atoms with Crippen molar-refractivity contribution in [2.24, 2.45) is 11.1 Å². The van der Waals surface area contributed by atoms with Crippen molar-refractivity contribution in [2.45, 2.75) is 46.0 Å². The molecule has 0 amide bonds. The van der Waals surface area contributed by atoms with Crippen molar-refractivity contribution >= 4 is 11.3 Å². The maximum absolute atomic E-state index is 5.78. The van der Waals surface area contributed by atoms with E-state index in [0.29, 0.717) is 0 Å². The Balaban J connectivity index is 2.13. The fourth-order valence-electron chi connectivity index (χ4n) is 2.18. The number of rotatable bonds is 3. The molecule has 1 heterocycles. The van der Waals surface area contributed by atoms with Crippen molar-refractivity contribution < 1.29 is 0 Å². The van der Waals surface area contributed by atoms with Gasteiger partial charge in [-0.05, 0) is 55.7 Å². The van der Waals surface area contributed by atoms with E-state index >= 15 is 0 Å². The second kappa shape index (κ2) is 4.26. The number of thiophene rings is 1. The molecule has 2 N–H and O–H groups in total. The molecule has 0 fully saturated rings. The highest BCUT2D eigenvalue weighted by Crippen LogP contribution is 2.33. The minimum Gasteiger partial charge on any atom is -0.330 e. The molecule has 84 valence electrons. The third-order valence-electron chi connectivity index (χ3n) is 3.25. The number of hydrogen-bond donors (Lipinski definition) is 1. The molecule has 0 bridgehead atoms. The summed E-state index contributed by atoms with van der Waals surface area (Å²) in [6.07, 6.45) is 6.51. The smallest absolute Gasteiger partial charge is 0.00801 e. The average Bonchev–Trinajstić information content (AvgIpc) is 2.58. The van der Waals surface area contributed by atoms with Crippen molar-refractivity contribution in [3.8, 4) is 0 Å². The zero-order valence-corrected chi connectivity index (χ0v) is 10.6. The molecule has 0 unspecified atom stereocenters. The van der Waals surface area contributed by atoms with Gasteiger partial charge in [-0.3, -0.25) is 0 Å². The molecule has 0 saturated heterocycles. The molecular formula is C13H21NS. The second-order valence-electron chi connectivity index (χ2n) is 5.41. The fourth-order valence-corrected chi connectivity index (χ4v) is 3.70. The molecule has 0 aliphatic heterocycles. The Morgan fingerprint density at radius 1 is 1.33 bits per heavy atom. The van der Waals surface area contributed by atoms with Crippen LogP contribution in [0.3, 0.4) is 0 Å². The van der Waals surface area contributed by atoms with Gasteiger partial charge in [-0.1, -0.05) is 13.8 Å². The highest BCUT2D eigenvalue weighted by Gasteiger charge is 2.20. The summed E-state index contributed by atoms with van der Waals surface area (Å²) in [5, 5.41) is 0. The molecule has 0 spiro atoms. The monoisotopic (exact) mass is 223 g/mol. The predicted octanol–water partition coefficient (Wildman–Crippen LogP) is 3.15. The van der Waals surface area contributed by atoms with Crippen molar-refractivity contribution in [1.82, 2.24) is 0 Å². The highest BCUT2D eigenvalue weighted by atomic mass is 32.1. The topological polar surface area (TPSA) is 26.0 Å². The lowest BCUT2D eigenvalue weighted by Gasteiger charge is -2.20. The van der Waals surface area contributed by atoms with Crippen LogP contribution in [0.15, 0.2) is 6.07 Å². The molecule has 1 aromatic rings. The summed E-state index contributed by atoms with van der Waals surface area (Å²) >= 11 is 2.02. The minimum atomic E-state index is 0.257. The van der Waals surface area contributed by atoms with E-state index in [0.717, 1.165) is 13.0 Å². The third kappa shape index (κ3) is 2.61. The first-order chi connectivity index (χ1) is 7.11. The van der Waals surface area contributed by atoms with Crippen LogP contribution in [-0.2, 0) is 19.3 Å². The number of nitrogens with two attached hydrogens (primary N) is 1. The van der Waals surface area contributed by atoms with Crippen LogP contribution in [0, 0.1) is 5.41 Å². The molecule has 1 nitrogen and oxygen atoms in total. The van der Waals surface area contributed by atoms with Crippen LogP contribution < -0.4 is 5.73 Å². The van der Waals surface area contributed by atoms with Gasteiger partial charge in [-0.2, -0.15) is 0 Å². The average molecular weight is 223 g/mol. The van der Waals surface area contributed by atoms with Gasteiger partial charge in [0.15, 0.2) is 0 Å². The van der Waals surface area contributed by atoms with E-state index < -0.39 is 0 Å². The summed E-state index contributed by atoms with van der Waals surface area (Å²) in [6.45, 7) is 5.28. The van der Waals surface area contributed by atoms with Gasteiger partial charge in [-0.25, -0.2) is 0 Å². The van der Waals surface area contributed by atoms with Crippen LogP contribution in [0.2, 0.25) is 0 Å². The summed E-state index contributed by atoms with van der Waals surface area (Å²) in [6, 6.07) is 2.43. The van der Waals surface area contributed by atoms with E-state index in [2.05, 4.69) is 19.9 Å². The molecule has 1 aliphatic carbocycles. The van der Waals surface area contributed by atoms with Gasteiger partial charge in [0.1, 0.15) is 0 Å². The van der Waals surface area contributed by atoms with Crippen molar-refractivity contribution in [2.75, 3.05) is 6.54 Å². The van der Waals surface area contributed by atoms with Gasteiger partial charge < -0.3 is 5.73 Å². The lowest BCUT2D eigenvalue weighted by atomic mass is 9.88. The normalized spacial score (nSPS) is 16.5. The zero-order valence-electron chi connectivity index (χ0n) is 9.81. The van der Waals surface area contributed by atoms with Gasteiger partial charge in [-0.15, -0.1) is 11.3 Å². The Hall–Kier alpha value is -0.340. The van der Waals surface area contributed by atoms with Crippen molar-refractivity contribution in [3.63, 3.8) is 0 Å². The molecule has 2 heteroatoms. The first-order valence-corrected chi connectivity index (χ1v) is 6.73.